The smallest absolute Gasteiger partial charge is 0.139 e. The summed E-state index contributed by atoms with van der Waals surface area (Å²) in [6.45, 7) is 5.95. The summed E-state index contributed by atoms with van der Waals surface area (Å²) >= 11 is 4.44. The largest absolute Gasteiger partial charge is 0.515 e. The van der Waals surface area contributed by atoms with E-state index in [1.54, 1.807) is 6.92 Å². The zero-order valence-electron chi connectivity index (χ0n) is 10.4. The first kappa shape index (κ1) is 16.2. The third-order valence-electron chi connectivity index (χ3n) is 2.40. The van der Waals surface area contributed by atoms with Gasteiger partial charge >= 0.3 is 0 Å². The van der Waals surface area contributed by atoms with Gasteiger partial charge in [0.2, 0.25) is 0 Å². The zero-order valence-corrected chi connectivity index (χ0v) is 12.3. The first-order valence-electron chi connectivity index (χ1n) is 5.76. The molecule has 2 N–H and O–H groups in total. The molecule has 95 valence electrons. The summed E-state index contributed by atoms with van der Waals surface area (Å²) in [5, 5.41) is 19.4. The predicted octanol–water partition coefficient (Wildman–Crippen LogP) is 1.43. The Balaban J connectivity index is 4.47. The average molecular weight is 263 g/mol. The van der Waals surface area contributed by atoms with Crippen molar-refractivity contribution in [2.75, 3.05) is 13.2 Å². The third kappa shape index (κ3) is 5.47. The fourth-order valence-electron chi connectivity index (χ4n) is 1.29. The molecule has 0 heterocycles. The van der Waals surface area contributed by atoms with Gasteiger partial charge in [0.1, 0.15) is 5.60 Å². The van der Waals surface area contributed by atoms with Crippen LogP contribution in [0.15, 0.2) is 0 Å². The quantitative estimate of drug-likeness (QED) is 0.459. The SMILES string of the molecule is CCCCC(S)[Si]=C(O)C(C)(CO)OCC. The van der Waals surface area contributed by atoms with E-state index in [9.17, 15) is 10.2 Å². The summed E-state index contributed by atoms with van der Waals surface area (Å²) in [4.78, 5) is 0.159. The molecule has 5 heteroatoms. The Bertz CT molecular complexity index is 223. The van der Waals surface area contributed by atoms with Gasteiger partial charge in [-0.2, -0.15) is 12.6 Å². The molecule has 0 aliphatic heterocycles. The second-order valence-corrected chi connectivity index (χ2v) is 6.54. The van der Waals surface area contributed by atoms with Gasteiger partial charge in [0, 0.05) is 11.5 Å². The highest BCUT2D eigenvalue weighted by Crippen LogP contribution is 2.11. The number of aliphatic hydroxyl groups excluding tert-OH is 2. The van der Waals surface area contributed by atoms with Crippen LogP contribution in [0.5, 0.6) is 0 Å². The van der Waals surface area contributed by atoms with Crippen molar-refractivity contribution in [2.24, 2.45) is 0 Å². The third-order valence-corrected chi connectivity index (χ3v) is 4.47. The Morgan fingerprint density at radius 2 is 2.12 bits per heavy atom. The van der Waals surface area contributed by atoms with E-state index in [1.165, 1.54) is 0 Å². The van der Waals surface area contributed by atoms with E-state index in [-0.39, 0.29) is 26.0 Å². The summed E-state index contributed by atoms with van der Waals surface area (Å²) in [5.74, 6) is 0. The second-order valence-electron chi connectivity index (χ2n) is 3.97. The Hall–Kier alpha value is 0.157. The number of thiol groups is 1. The number of aliphatic hydroxyl groups is 2. The fraction of sp³-hybridized carbons (Fsp3) is 0.909. The van der Waals surface area contributed by atoms with E-state index < -0.39 is 5.60 Å². The Labute approximate surface area is 106 Å². The van der Waals surface area contributed by atoms with Gasteiger partial charge in [0.25, 0.3) is 0 Å². The van der Waals surface area contributed by atoms with E-state index in [1.807, 2.05) is 6.92 Å². The average Bonchev–Trinajstić information content (AvgIpc) is 2.26. The van der Waals surface area contributed by atoms with Crippen molar-refractivity contribution in [3.63, 3.8) is 0 Å². The topological polar surface area (TPSA) is 49.7 Å². The van der Waals surface area contributed by atoms with Crippen LogP contribution in [-0.2, 0) is 4.74 Å². The molecule has 0 aromatic rings. The first-order chi connectivity index (χ1) is 7.50. The minimum atomic E-state index is -0.930. The lowest BCUT2D eigenvalue weighted by Gasteiger charge is -2.27. The van der Waals surface area contributed by atoms with Crippen molar-refractivity contribution in [1.29, 1.82) is 0 Å². The molecule has 2 unspecified atom stereocenters. The molecule has 0 amide bonds. The molecule has 0 spiro atoms. The van der Waals surface area contributed by atoms with Crippen LogP contribution in [0.25, 0.3) is 0 Å². The monoisotopic (exact) mass is 263 g/mol. The maximum Gasteiger partial charge on any atom is 0.139 e. The maximum atomic E-state index is 9.96. The molecule has 0 aromatic heterocycles. The molecule has 0 aliphatic rings. The van der Waals surface area contributed by atoms with Crippen LogP contribution in [0.3, 0.4) is 0 Å². The number of hydrogen-bond acceptors (Lipinski definition) is 4. The highest BCUT2D eigenvalue weighted by atomic mass is 32.1. The highest BCUT2D eigenvalue weighted by molar-refractivity contribution is 7.82. The second kappa shape index (κ2) is 8.28. The number of rotatable bonds is 8. The van der Waals surface area contributed by atoms with E-state index >= 15 is 0 Å². The van der Waals surface area contributed by atoms with Crippen molar-refractivity contribution in [2.45, 2.75) is 50.5 Å². The summed E-state index contributed by atoms with van der Waals surface area (Å²) < 4.78 is 5.38. The van der Waals surface area contributed by atoms with Crippen molar-refractivity contribution in [3.8, 4) is 0 Å². The van der Waals surface area contributed by atoms with Crippen LogP contribution in [-0.4, -0.2) is 48.4 Å². The zero-order chi connectivity index (χ0) is 12.6. The lowest BCUT2D eigenvalue weighted by Crippen LogP contribution is -2.44. The molecule has 0 fully saturated rings. The molecule has 16 heavy (non-hydrogen) atoms. The number of unbranched alkanes of at least 4 members (excludes halogenated alkanes) is 1. The standard InChI is InChI=1S/C11H23O3SSi/c1-4-6-7-9(15)16-10(13)11(3,8-12)14-5-2/h9,12-13,15H,4-8H2,1-3H3. The Morgan fingerprint density at radius 3 is 2.56 bits per heavy atom. The molecule has 0 aromatic carbocycles. The van der Waals surface area contributed by atoms with Crippen molar-refractivity contribution >= 4 is 27.1 Å². The van der Waals surface area contributed by atoms with Crippen LogP contribution < -0.4 is 0 Å². The van der Waals surface area contributed by atoms with E-state index in [4.69, 9.17) is 4.74 Å². The molecule has 0 rings (SSSR count). The normalized spacial score (nSPS) is 18.2. The van der Waals surface area contributed by atoms with E-state index in [0.717, 1.165) is 19.3 Å². The van der Waals surface area contributed by atoms with Crippen LogP contribution in [0.4, 0.5) is 0 Å². The van der Waals surface area contributed by atoms with Crippen LogP contribution >= 0.6 is 12.6 Å². The van der Waals surface area contributed by atoms with E-state index in [2.05, 4.69) is 19.6 Å². The minimum absolute atomic E-state index is 0.159. The molecule has 1 radical (unpaired) electrons. The molecule has 3 nitrogen and oxygen atoms in total. The summed E-state index contributed by atoms with van der Waals surface area (Å²) in [7, 11) is 0.209. The molecule has 0 bridgehead atoms. The summed E-state index contributed by atoms with van der Waals surface area (Å²) in [6.07, 6.45) is 3.22. The molecule has 2 atom stereocenters. The van der Waals surface area contributed by atoms with Gasteiger partial charge in [-0.25, -0.2) is 0 Å². The van der Waals surface area contributed by atoms with Gasteiger partial charge < -0.3 is 14.9 Å². The summed E-state index contributed by atoms with van der Waals surface area (Å²) in [5.41, 5.74) is -0.930. The predicted molar refractivity (Wildman–Crippen MR) is 72.1 cm³/mol. The molecular weight excluding hydrogens is 240 g/mol. The van der Waals surface area contributed by atoms with Gasteiger partial charge in [-0.1, -0.05) is 19.8 Å². The van der Waals surface area contributed by atoms with Gasteiger partial charge in [-0.15, -0.1) is 0 Å². The lowest BCUT2D eigenvalue weighted by molar-refractivity contribution is -0.0199. The van der Waals surface area contributed by atoms with Crippen molar-refractivity contribution < 1.29 is 14.9 Å². The van der Waals surface area contributed by atoms with Crippen LogP contribution in [0, 0.1) is 0 Å². The molecule has 0 saturated heterocycles. The highest BCUT2D eigenvalue weighted by Gasteiger charge is 2.29. The Kier molecular flexibility index (Phi) is 8.36. The van der Waals surface area contributed by atoms with Crippen molar-refractivity contribution in [1.82, 2.24) is 0 Å². The van der Waals surface area contributed by atoms with Gasteiger partial charge in [0.05, 0.1) is 21.1 Å². The fourth-order valence-corrected chi connectivity index (χ4v) is 2.96. The van der Waals surface area contributed by atoms with Crippen molar-refractivity contribution in [3.05, 3.63) is 0 Å². The van der Waals surface area contributed by atoms with Gasteiger partial charge in [0.15, 0.2) is 0 Å². The molecular formula is C11H23O3SSi. The summed E-state index contributed by atoms with van der Waals surface area (Å²) in [6, 6.07) is 0. The number of ether oxygens (including phenoxy) is 1. The molecule has 0 aliphatic carbocycles. The number of hydrogen-bond donors (Lipinski definition) is 3. The minimum Gasteiger partial charge on any atom is -0.515 e. The first-order valence-corrected chi connectivity index (χ1v) is 7.35. The Morgan fingerprint density at radius 1 is 1.50 bits per heavy atom. The van der Waals surface area contributed by atoms with Crippen LogP contribution in [0.1, 0.15) is 40.0 Å². The van der Waals surface area contributed by atoms with Crippen LogP contribution in [0.2, 0.25) is 0 Å². The molecule has 0 saturated carbocycles. The van der Waals surface area contributed by atoms with E-state index in [0.29, 0.717) is 6.61 Å². The van der Waals surface area contributed by atoms with Gasteiger partial charge in [-0.05, 0) is 20.3 Å². The van der Waals surface area contributed by atoms with Gasteiger partial charge in [-0.3, -0.25) is 0 Å². The lowest BCUT2D eigenvalue weighted by atomic mass is 10.1. The maximum absolute atomic E-state index is 9.96.